The van der Waals surface area contributed by atoms with Crippen LogP contribution in [-0.4, -0.2) is 111 Å². The Morgan fingerprint density at radius 1 is 0.356 bits per heavy atom. The third-order valence-corrected chi connectivity index (χ3v) is 14.6. The molecule has 4 aromatic carbocycles. The van der Waals surface area contributed by atoms with Crippen LogP contribution in [0.25, 0.3) is 90.9 Å². The number of carbonyl (C=O) groups excluding carboxylic acids is 3. The fourth-order valence-corrected chi connectivity index (χ4v) is 10.8. The Bertz CT molecular complexity index is 3410. The van der Waals surface area contributed by atoms with E-state index in [0.717, 1.165) is 106 Å². The highest BCUT2D eigenvalue weighted by Gasteiger charge is 2.25. The molecule has 3 aromatic heterocycles. The van der Waals surface area contributed by atoms with Crippen molar-refractivity contribution in [3.8, 4) is 44.5 Å². The average molecular weight is 966 g/mol. The Labute approximate surface area is 422 Å². The number of H-pyrrole nitrogens is 2. The van der Waals surface area contributed by atoms with E-state index < -0.39 is 0 Å². The summed E-state index contributed by atoms with van der Waals surface area (Å²) in [5.74, 6) is -0.312. The summed E-state index contributed by atoms with van der Waals surface area (Å²) < 4.78 is 0. The molecule has 7 aromatic rings. The van der Waals surface area contributed by atoms with Gasteiger partial charge in [0.15, 0.2) is 0 Å². The second kappa shape index (κ2) is 19.6. The van der Waals surface area contributed by atoms with Crippen LogP contribution >= 0.6 is 0 Å². The van der Waals surface area contributed by atoms with Crippen LogP contribution in [0.2, 0.25) is 0 Å². The van der Waals surface area contributed by atoms with Gasteiger partial charge in [-0.05, 0) is 72.8 Å². The summed E-state index contributed by atoms with van der Waals surface area (Å²) in [5, 5.41) is 9.97. The maximum absolute atomic E-state index is 14.3. The summed E-state index contributed by atoms with van der Waals surface area (Å²) >= 11 is 0. The zero-order valence-corrected chi connectivity index (χ0v) is 40.4. The van der Waals surface area contributed by atoms with E-state index in [1.807, 2.05) is 121 Å². The maximum atomic E-state index is 14.3. The summed E-state index contributed by atoms with van der Waals surface area (Å²) in [4.78, 5) is 68.4. The van der Waals surface area contributed by atoms with Crippen LogP contribution in [0.4, 0.5) is 22.7 Å². The van der Waals surface area contributed by atoms with E-state index >= 15 is 0 Å². The molecule has 14 nitrogen and oxygen atoms in total. The van der Waals surface area contributed by atoms with Gasteiger partial charge in [-0.2, -0.15) is 0 Å². The van der Waals surface area contributed by atoms with Crippen molar-refractivity contribution in [3.05, 3.63) is 144 Å². The van der Waals surface area contributed by atoms with Crippen LogP contribution < -0.4 is 21.7 Å². The Morgan fingerprint density at radius 2 is 0.671 bits per heavy atom. The molecule has 2 atom stereocenters. The average Bonchev–Trinajstić information content (AvgIpc) is 4.25. The third-order valence-electron chi connectivity index (χ3n) is 14.6. The van der Waals surface area contributed by atoms with Crippen molar-refractivity contribution in [1.82, 2.24) is 34.6 Å². The number of fused-ring (bicyclic) bond motifs is 17. The zero-order valence-electron chi connectivity index (χ0n) is 40.4. The molecule has 2 unspecified atom stereocenters. The molecule has 14 bridgehead atoms. The minimum absolute atomic E-state index is 0.0941. The van der Waals surface area contributed by atoms with Crippen LogP contribution in [0.3, 0.4) is 0 Å². The molecule has 73 heavy (non-hydrogen) atoms. The Balaban J connectivity index is 1.23. The number of nitrogens with two attached hydrogens (primary N) is 1. The molecule has 1 saturated heterocycles. The number of anilines is 4. The van der Waals surface area contributed by atoms with Gasteiger partial charge in [0.05, 0.1) is 22.8 Å². The number of benzene rings is 4. The highest BCUT2D eigenvalue weighted by molar-refractivity contribution is 6.07. The summed E-state index contributed by atoms with van der Waals surface area (Å²) in [6, 6.07) is 39.7. The van der Waals surface area contributed by atoms with Gasteiger partial charge in [0.1, 0.15) is 0 Å². The summed E-state index contributed by atoms with van der Waals surface area (Å²) in [7, 11) is 0. The molecule has 14 heteroatoms. The topological polar surface area (TPSA) is 180 Å². The molecular weight excluding hydrogens is 911 g/mol. The van der Waals surface area contributed by atoms with E-state index in [-0.39, 0.29) is 37.0 Å². The second-order valence-electron chi connectivity index (χ2n) is 19.1. The predicted molar refractivity (Wildman–Crippen MR) is 294 cm³/mol. The summed E-state index contributed by atoms with van der Waals surface area (Å²) in [6.07, 6.45) is 8.83. The lowest BCUT2D eigenvalue weighted by Gasteiger charge is -2.25. The van der Waals surface area contributed by atoms with Crippen molar-refractivity contribution >= 4 is 86.8 Å². The van der Waals surface area contributed by atoms with Crippen LogP contribution in [0, 0.1) is 0 Å². The predicted octanol–water partition coefficient (Wildman–Crippen LogP) is 9.84. The van der Waals surface area contributed by atoms with Gasteiger partial charge in [-0.15, -0.1) is 0 Å². The molecule has 5 aliphatic rings. The minimum atomic E-state index is -0.109. The number of hydrogen-bond donors (Lipinski definition) is 6. The van der Waals surface area contributed by atoms with E-state index in [0.29, 0.717) is 65.2 Å². The first kappa shape index (κ1) is 45.7. The lowest BCUT2D eigenvalue weighted by Crippen LogP contribution is -2.38. The lowest BCUT2D eigenvalue weighted by atomic mass is 10.0. The van der Waals surface area contributed by atoms with Gasteiger partial charge in [0, 0.05) is 167 Å². The number of amides is 3. The molecule has 3 amide bonds. The third kappa shape index (κ3) is 9.23. The van der Waals surface area contributed by atoms with E-state index in [9.17, 15) is 14.4 Å². The number of carbonyl (C=O) groups is 3. The monoisotopic (exact) mass is 965 g/mol. The molecule has 0 saturated carbocycles. The van der Waals surface area contributed by atoms with Crippen molar-refractivity contribution in [3.63, 3.8) is 0 Å². The molecule has 0 aliphatic carbocycles. The fourth-order valence-electron chi connectivity index (χ4n) is 10.8. The lowest BCUT2D eigenvalue weighted by molar-refractivity contribution is -0.117. The Morgan fingerprint density at radius 3 is 1.05 bits per heavy atom. The summed E-state index contributed by atoms with van der Waals surface area (Å²) in [5.41, 5.74) is 21.3. The number of hydrogen-bond acceptors (Lipinski definition) is 9. The van der Waals surface area contributed by atoms with Crippen molar-refractivity contribution in [2.24, 2.45) is 0 Å². The van der Waals surface area contributed by atoms with Gasteiger partial charge >= 0.3 is 0 Å². The van der Waals surface area contributed by atoms with Crippen molar-refractivity contribution in [2.45, 2.75) is 19.3 Å². The molecule has 0 spiro atoms. The van der Waals surface area contributed by atoms with Gasteiger partial charge in [0.2, 0.25) is 17.7 Å². The molecule has 8 heterocycles. The van der Waals surface area contributed by atoms with Crippen molar-refractivity contribution in [1.29, 1.82) is 0 Å². The van der Waals surface area contributed by atoms with Gasteiger partial charge < -0.3 is 46.4 Å². The first-order valence-corrected chi connectivity index (χ1v) is 25.2. The number of nitrogen functional groups attached to an aromatic ring is 1. The first-order chi connectivity index (χ1) is 35.8. The standard InChI is InChI=1S/C59H55N11O3/c60-41-13-5-1-9-37(41)56-45-17-19-47(61-45)57-38-10-2-6-14-42(38)65-53(71)25-28-68-31-32-69-29-26-54(72)66-43-15-7-3-11-39(43)58(48-20-18-46(56)62-48)50-22-24-52(64-50)59(51-23-21-49(57)63-51)40-12-4-8-16-44(40)67-55(73)27-30-70(35-33-68)36-34-69/h1-24,63-64H,25-36,60H2,(H,65,71)(H,66,72)(H,67,73). The van der Waals surface area contributed by atoms with E-state index in [2.05, 4.69) is 64.9 Å². The zero-order chi connectivity index (χ0) is 49.4. The molecule has 12 rings (SSSR count). The fraction of sp³-hybridized carbons (Fsp3) is 0.203. The van der Waals surface area contributed by atoms with Gasteiger partial charge in [0.25, 0.3) is 0 Å². The van der Waals surface area contributed by atoms with Crippen LogP contribution in [-0.2, 0) is 14.4 Å². The van der Waals surface area contributed by atoms with Gasteiger partial charge in [-0.25, -0.2) is 9.97 Å². The van der Waals surface area contributed by atoms with Gasteiger partial charge in [-0.3, -0.25) is 14.4 Å². The number of nitrogens with one attached hydrogen (secondary N) is 5. The van der Waals surface area contributed by atoms with Crippen LogP contribution in [0.15, 0.2) is 121 Å². The van der Waals surface area contributed by atoms with Crippen molar-refractivity contribution in [2.75, 3.05) is 80.6 Å². The number of aromatic nitrogens is 4. The normalized spacial score (nSPS) is 19.1. The number of para-hydroxylation sites is 4. The molecule has 1 fully saturated rings. The molecule has 7 N–H and O–H groups in total. The minimum Gasteiger partial charge on any atom is -0.398 e. The first-order valence-electron chi connectivity index (χ1n) is 25.2. The maximum Gasteiger partial charge on any atom is 0.225 e. The smallest absolute Gasteiger partial charge is 0.225 e. The van der Waals surface area contributed by atoms with Gasteiger partial charge in [-0.1, -0.05) is 72.8 Å². The number of aromatic amines is 2. The molecule has 5 aliphatic heterocycles. The van der Waals surface area contributed by atoms with E-state index in [1.165, 1.54) is 0 Å². The molecule has 364 valence electrons. The SMILES string of the molecule is Nc1ccccc1-c1c2nc(c3c4ccc([nH]4)c4c5ccc([nH]5)c(c5nc1C=C5)-c1ccccc1NC(=O)CCN1CCN(CCC(=O)Nc5ccccc5-3)CCN(CCC(=O)Nc3ccccc3-4)CC1)C=C2. The quantitative estimate of drug-likeness (QED) is 0.0874. The second-order valence-corrected chi connectivity index (χ2v) is 19.1. The van der Waals surface area contributed by atoms with Crippen molar-refractivity contribution < 1.29 is 14.4 Å². The summed E-state index contributed by atoms with van der Waals surface area (Å²) in [6.45, 7) is 5.94. The Hall–Kier alpha value is -8.43. The Kier molecular flexibility index (Phi) is 12.3. The van der Waals surface area contributed by atoms with Crippen LogP contribution in [0.5, 0.6) is 0 Å². The highest BCUT2D eigenvalue weighted by Crippen LogP contribution is 2.42. The van der Waals surface area contributed by atoms with E-state index in [4.69, 9.17) is 15.7 Å². The van der Waals surface area contributed by atoms with Crippen LogP contribution in [0.1, 0.15) is 42.0 Å². The highest BCUT2D eigenvalue weighted by atomic mass is 16.2. The number of nitrogens with zero attached hydrogens (tertiary/aromatic N) is 5. The van der Waals surface area contributed by atoms with E-state index in [1.54, 1.807) is 0 Å². The molecule has 0 radical (unpaired) electrons. The number of rotatable bonds is 1. The molecular formula is C59H55N11O3. The largest absolute Gasteiger partial charge is 0.398 e.